The molecule has 1 unspecified atom stereocenters. The second kappa shape index (κ2) is 20.7. The Labute approximate surface area is 344 Å². The summed E-state index contributed by atoms with van der Waals surface area (Å²) in [5.74, 6) is -0.138. The molecule has 0 bridgehead atoms. The number of pyridine rings is 1. The molecule has 3 aliphatic heterocycles. The first kappa shape index (κ1) is 44.2. The van der Waals surface area contributed by atoms with E-state index in [0.29, 0.717) is 18.3 Å². The van der Waals surface area contributed by atoms with Crippen LogP contribution in [0.1, 0.15) is 90.9 Å². The van der Waals surface area contributed by atoms with E-state index in [1.165, 1.54) is 0 Å². The number of H-pyrrole nitrogens is 3. The van der Waals surface area contributed by atoms with Crippen molar-refractivity contribution in [1.82, 2.24) is 45.1 Å². The molecule has 15 heteroatoms. The normalized spacial score (nSPS) is 17.2. The molecule has 0 aliphatic carbocycles. The number of hydrogen-bond acceptors (Lipinski definition) is 9. The number of aryl methyl sites for hydroxylation is 1. The predicted octanol–water partition coefficient (Wildman–Crippen LogP) is 5.29. The first-order valence-corrected chi connectivity index (χ1v) is 20.0. The zero-order chi connectivity index (χ0) is 41.2. The van der Waals surface area contributed by atoms with E-state index in [1.54, 1.807) is 23.2 Å². The number of nitrogens with two attached hydrogens (primary N) is 1. The summed E-state index contributed by atoms with van der Waals surface area (Å²) in [6.45, 7) is 13.5. The summed E-state index contributed by atoms with van der Waals surface area (Å²) < 4.78 is 0. The smallest absolute Gasteiger partial charge is 0.375 e. The molecular weight excluding hydrogens is 749 g/mol. The number of rotatable bonds is 9. The van der Waals surface area contributed by atoms with Gasteiger partial charge in [-0.15, -0.1) is 5.10 Å². The lowest BCUT2D eigenvalue weighted by molar-refractivity contribution is -0.134. The highest BCUT2D eigenvalue weighted by Gasteiger charge is 2.32. The molecule has 15 nitrogen and oxygen atoms in total. The van der Waals surface area contributed by atoms with Crippen LogP contribution in [0.3, 0.4) is 0 Å². The number of para-hydroxylation sites is 1. The average Bonchev–Trinajstić information content (AvgIpc) is 3.95. The van der Waals surface area contributed by atoms with Crippen molar-refractivity contribution in [3.05, 3.63) is 113 Å². The molecule has 0 spiro atoms. The van der Waals surface area contributed by atoms with Crippen molar-refractivity contribution in [3.8, 4) is 0 Å². The Balaban J connectivity index is 0.000000231. The Morgan fingerprint density at radius 1 is 0.932 bits per heavy atom. The quantitative estimate of drug-likeness (QED) is 0.0961. The van der Waals surface area contributed by atoms with Crippen molar-refractivity contribution in [1.29, 1.82) is 0 Å². The lowest BCUT2D eigenvalue weighted by Gasteiger charge is -2.42. The number of aromatic nitrogens is 6. The highest BCUT2D eigenvalue weighted by molar-refractivity contribution is 5.84. The molecule has 59 heavy (non-hydrogen) atoms. The number of carbonyl (C=O) groups is 3. The van der Waals surface area contributed by atoms with Crippen LogP contribution in [-0.2, 0) is 16.0 Å². The molecule has 2 aromatic carbocycles. The van der Waals surface area contributed by atoms with Gasteiger partial charge in [0.2, 0.25) is 12.3 Å². The number of amides is 2. The summed E-state index contributed by atoms with van der Waals surface area (Å²) in [7, 11) is 0. The van der Waals surface area contributed by atoms with Gasteiger partial charge in [0.1, 0.15) is 5.82 Å². The summed E-state index contributed by atoms with van der Waals surface area (Å²) in [6.07, 6.45) is 11.9. The summed E-state index contributed by atoms with van der Waals surface area (Å²) in [5, 5.41) is 24.8. The molecule has 6 heterocycles. The number of likely N-dealkylation sites (tertiary alicyclic amines) is 3. The Hall–Kier alpha value is -5.93. The fourth-order valence-electron chi connectivity index (χ4n) is 8.33. The van der Waals surface area contributed by atoms with Crippen LogP contribution in [0.4, 0.5) is 0 Å². The van der Waals surface area contributed by atoms with Crippen molar-refractivity contribution in [2.75, 3.05) is 39.3 Å². The fraction of sp³-hybridized carbons (Fsp3) is 0.432. The number of carbonyl (C=O) groups excluding carboxylic acids is 2. The standard InChI is InChI=1S/C24H32N8O3.C15H16N2O2.C4H6.CH4/c1-14-10-15(11-17-13-26-28-20(14)17)12-19(25)23(33)32-8-4-18(5-9-32)31-6-2-16(3-7-31)21-27-22(24(34)35)30-29-21;18-10-17-7-5-11(6-8-17)13-9-12-3-1-2-4-14(12)16-15(13)19;1-3-4-2;/h10-11,13,16,18-19H,2-9,12,25H2,1H3,(H,26,28)(H,34,35)(H,27,29,30);1-4,9-11H,5-8H2,(H,16,19);3-4H,1-2H2;1H4. The van der Waals surface area contributed by atoms with Gasteiger partial charge in [-0.2, -0.15) is 5.10 Å². The van der Waals surface area contributed by atoms with Crippen LogP contribution in [0.25, 0.3) is 21.8 Å². The van der Waals surface area contributed by atoms with Gasteiger partial charge in [0.25, 0.3) is 11.4 Å². The summed E-state index contributed by atoms with van der Waals surface area (Å²) in [5.41, 5.74) is 11.2. The van der Waals surface area contributed by atoms with E-state index in [4.69, 9.17) is 10.8 Å². The lowest BCUT2D eigenvalue weighted by atomic mass is 9.90. The van der Waals surface area contributed by atoms with Gasteiger partial charge < -0.3 is 30.5 Å². The van der Waals surface area contributed by atoms with Gasteiger partial charge in [-0.05, 0) is 106 Å². The zero-order valence-electron chi connectivity index (χ0n) is 33.1. The molecule has 5 aromatic rings. The Morgan fingerprint density at radius 3 is 2.25 bits per heavy atom. The Bertz CT molecular complexity index is 2250. The number of fused-ring (bicyclic) bond motifs is 2. The lowest BCUT2D eigenvalue weighted by Crippen LogP contribution is -2.52. The van der Waals surface area contributed by atoms with E-state index in [9.17, 15) is 19.2 Å². The van der Waals surface area contributed by atoms with E-state index in [0.717, 1.165) is 123 Å². The van der Waals surface area contributed by atoms with Crippen molar-refractivity contribution >= 4 is 40.1 Å². The third-order valence-electron chi connectivity index (χ3n) is 11.5. The molecule has 6 N–H and O–H groups in total. The molecule has 3 aliphatic rings. The average molecular weight is 807 g/mol. The Morgan fingerprint density at radius 2 is 1.61 bits per heavy atom. The number of nitrogens with one attached hydrogen (secondary N) is 3. The molecule has 0 saturated carbocycles. The minimum Gasteiger partial charge on any atom is -0.475 e. The molecule has 3 saturated heterocycles. The molecule has 2 amide bonds. The monoisotopic (exact) mass is 806 g/mol. The number of hydrogen-bond donors (Lipinski definition) is 5. The van der Waals surface area contributed by atoms with Crippen LogP contribution >= 0.6 is 0 Å². The van der Waals surface area contributed by atoms with Gasteiger partial charge in [-0.3, -0.25) is 24.6 Å². The van der Waals surface area contributed by atoms with Crippen LogP contribution < -0.4 is 11.3 Å². The third kappa shape index (κ3) is 11.0. The molecular formula is C44H58N10O5. The zero-order valence-corrected chi connectivity index (χ0v) is 33.1. The molecule has 0 radical (unpaired) electrons. The van der Waals surface area contributed by atoms with Crippen LogP contribution in [0.2, 0.25) is 0 Å². The number of piperidine rings is 3. The minimum absolute atomic E-state index is 0. The van der Waals surface area contributed by atoms with Crippen LogP contribution in [0.15, 0.2) is 78.8 Å². The van der Waals surface area contributed by atoms with Gasteiger partial charge in [0.15, 0.2) is 0 Å². The first-order chi connectivity index (χ1) is 28.1. The van der Waals surface area contributed by atoms with Crippen molar-refractivity contribution in [2.45, 2.75) is 83.2 Å². The second-order valence-electron chi connectivity index (χ2n) is 15.3. The van der Waals surface area contributed by atoms with Crippen molar-refractivity contribution < 1.29 is 19.5 Å². The second-order valence-corrected chi connectivity index (χ2v) is 15.3. The van der Waals surface area contributed by atoms with E-state index < -0.39 is 12.0 Å². The van der Waals surface area contributed by atoms with E-state index in [2.05, 4.69) is 60.6 Å². The van der Waals surface area contributed by atoms with Gasteiger partial charge in [0.05, 0.1) is 17.8 Å². The van der Waals surface area contributed by atoms with Crippen LogP contribution in [-0.4, -0.2) is 120 Å². The van der Waals surface area contributed by atoms with Crippen molar-refractivity contribution in [2.24, 2.45) is 5.73 Å². The maximum Gasteiger partial charge on any atom is 0.375 e. The van der Waals surface area contributed by atoms with E-state index in [-0.39, 0.29) is 36.6 Å². The number of allylic oxidation sites excluding steroid dienone is 2. The molecule has 8 rings (SSSR count). The van der Waals surface area contributed by atoms with Crippen LogP contribution in [0.5, 0.6) is 0 Å². The molecule has 314 valence electrons. The molecule has 3 fully saturated rings. The maximum absolute atomic E-state index is 13.0. The first-order valence-electron chi connectivity index (χ1n) is 20.0. The van der Waals surface area contributed by atoms with Crippen LogP contribution in [0, 0.1) is 6.92 Å². The fourth-order valence-corrected chi connectivity index (χ4v) is 8.33. The topological polar surface area (TPSA) is 210 Å². The third-order valence-corrected chi connectivity index (χ3v) is 11.5. The van der Waals surface area contributed by atoms with Gasteiger partial charge in [0, 0.05) is 54.6 Å². The number of aromatic amines is 3. The number of nitrogens with zero attached hydrogens (tertiary/aromatic N) is 6. The van der Waals surface area contributed by atoms with Crippen molar-refractivity contribution in [3.63, 3.8) is 0 Å². The number of carboxylic acids is 1. The van der Waals surface area contributed by atoms with E-state index in [1.807, 2.05) is 42.2 Å². The highest BCUT2D eigenvalue weighted by Crippen LogP contribution is 2.30. The predicted molar refractivity (Wildman–Crippen MR) is 230 cm³/mol. The molecule has 1 atom stereocenters. The number of aromatic carboxylic acids is 1. The Kier molecular flexibility index (Phi) is 15.5. The summed E-state index contributed by atoms with van der Waals surface area (Å²) in [6, 6.07) is 13.8. The molecule has 3 aromatic heterocycles. The van der Waals surface area contributed by atoms with Gasteiger partial charge in [-0.1, -0.05) is 57.0 Å². The largest absolute Gasteiger partial charge is 0.475 e. The van der Waals surface area contributed by atoms with Gasteiger partial charge >= 0.3 is 5.97 Å². The van der Waals surface area contributed by atoms with E-state index >= 15 is 0 Å². The highest BCUT2D eigenvalue weighted by atomic mass is 16.4. The number of carboxylic acid groups (broad SMARTS) is 1. The SMILES string of the molecule is C.C=CC=C.Cc1cc(CC(N)C(=O)N2CCC(N3CCC(c4nc(C(=O)O)n[nH]4)CC3)CC2)cc2cn[nH]c12.O=CN1CCC(c2cc3ccccc3[nH]c2=O)CC1. The number of benzene rings is 2. The maximum atomic E-state index is 13.0. The summed E-state index contributed by atoms with van der Waals surface area (Å²) in [4.78, 5) is 60.2. The van der Waals surface area contributed by atoms with Gasteiger partial charge in [-0.25, -0.2) is 9.78 Å². The minimum atomic E-state index is -1.11. The summed E-state index contributed by atoms with van der Waals surface area (Å²) >= 11 is 0.